The van der Waals surface area contributed by atoms with Crippen LogP contribution in [0.2, 0.25) is 0 Å². The Morgan fingerprint density at radius 3 is 2.61 bits per heavy atom. The molecule has 28 heavy (non-hydrogen) atoms. The number of halogens is 1. The summed E-state index contributed by atoms with van der Waals surface area (Å²) in [4.78, 5) is 25.1. The third-order valence-corrected chi connectivity index (χ3v) is 4.87. The van der Waals surface area contributed by atoms with Crippen molar-refractivity contribution in [1.82, 2.24) is 10.6 Å². The predicted octanol–water partition coefficient (Wildman–Crippen LogP) is 4.99. The smallest absolute Gasteiger partial charge is 0.338 e. The summed E-state index contributed by atoms with van der Waals surface area (Å²) in [5, 5.41) is 5.66. The molecule has 2 amide bonds. The second-order valence-electron chi connectivity index (χ2n) is 7.02. The fourth-order valence-corrected chi connectivity index (χ4v) is 3.47. The fraction of sp³-hybridized carbons (Fsp3) is 0.524. The molecule has 1 aliphatic rings. The van der Waals surface area contributed by atoms with E-state index in [2.05, 4.69) is 33.5 Å². The number of carbonyl (C=O) groups excluding carboxylic acids is 2. The Labute approximate surface area is 175 Å². The zero-order chi connectivity index (χ0) is 20.7. The SMILES string of the molecule is CCCCC1=C(C(=O)OC(C)C)C(c2ccc(OCCC)c(Br)c2)NC(=O)N1. The maximum atomic E-state index is 12.9. The first-order valence-corrected chi connectivity index (χ1v) is 10.6. The Bertz CT molecular complexity index is 746. The van der Waals surface area contributed by atoms with E-state index < -0.39 is 12.0 Å². The molecular formula is C21H29BrN2O4. The third kappa shape index (κ3) is 5.74. The molecule has 1 heterocycles. The van der Waals surface area contributed by atoms with Gasteiger partial charge in [-0.1, -0.05) is 26.3 Å². The molecule has 154 valence electrons. The molecule has 2 rings (SSSR count). The molecule has 1 unspecified atom stereocenters. The van der Waals surface area contributed by atoms with E-state index in [4.69, 9.17) is 9.47 Å². The summed E-state index contributed by atoms with van der Waals surface area (Å²) in [6.07, 6.45) is 3.10. The van der Waals surface area contributed by atoms with Gasteiger partial charge in [-0.25, -0.2) is 9.59 Å². The number of nitrogens with one attached hydrogen (secondary N) is 2. The molecule has 0 aliphatic carbocycles. The number of benzene rings is 1. The Hall–Kier alpha value is -2.02. The number of carbonyl (C=O) groups is 2. The van der Waals surface area contributed by atoms with Crippen molar-refractivity contribution in [1.29, 1.82) is 0 Å². The maximum absolute atomic E-state index is 12.9. The van der Waals surface area contributed by atoms with Gasteiger partial charge in [-0.05, 0) is 66.7 Å². The monoisotopic (exact) mass is 452 g/mol. The van der Waals surface area contributed by atoms with Gasteiger partial charge in [-0.2, -0.15) is 0 Å². The van der Waals surface area contributed by atoms with E-state index in [1.807, 2.05) is 39.0 Å². The molecule has 1 aromatic carbocycles. The average Bonchev–Trinajstić information content (AvgIpc) is 2.64. The zero-order valence-electron chi connectivity index (χ0n) is 16.9. The molecule has 0 spiro atoms. The third-order valence-electron chi connectivity index (χ3n) is 4.25. The largest absolute Gasteiger partial charge is 0.492 e. The number of amides is 2. The van der Waals surface area contributed by atoms with Gasteiger partial charge in [0.2, 0.25) is 0 Å². The highest BCUT2D eigenvalue weighted by Gasteiger charge is 2.34. The summed E-state index contributed by atoms with van der Waals surface area (Å²) >= 11 is 3.53. The lowest BCUT2D eigenvalue weighted by atomic mass is 9.93. The molecule has 0 radical (unpaired) electrons. The van der Waals surface area contributed by atoms with Gasteiger partial charge in [0.15, 0.2) is 0 Å². The van der Waals surface area contributed by atoms with E-state index in [1.165, 1.54) is 0 Å². The van der Waals surface area contributed by atoms with Crippen LogP contribution in [0.25, 0.3) is 0 Å². The molecule has 1 atom stereocenters. The van der Waals surface area contributed by atoms with E-state index in [9.17, 15) is 9.59 Å². The van der Waals surface area contributed by atoms with Crippen molar-refractivity contribution in [3.05, 3.63) is 39.5 Å². The highest BCUT2D eigenvalue weighted by atomic mass is 79.9. The van der Waals surface area contributed by atoms with Crippen molar-refractivity contribution in [3.8, 4) is 5.75 Å². The molecule has 6 nitrogen and oxygen atoms in total. The summed E-state index contributed by atoms with van der Waals surface area (Å²) in [6, 6.07) is 4.69. The van der Waals surface area contributed by atoms with Crippen molar-refractivity contribution >= 4 is 27.9 Å². The standard InChI is InChI=1S/C21H29BrN2O4/c1-5-7-8-16-18(20(25)28-13(3)4)19(24-21(26)23-16)14-9-10-17(15(22)12-14)27-11-6-2/h9-10,12-13,19H,5-8,11H2,1-4H3,(H2,23,24,26). The van der Waals surface area contributed by atoms with Crippen molar-refractivity contribution in [2.75, 3.05) is 6.61 Å². The number of ether oxygens (including phenoxy) is 2. The van der Waals surface area contributed by atoms with Gasteiger partial charge in [0, 0.05) is 5.70 Å². The normalized spacial score (nSPS) is 16.6. The first kappa shape index (κ1) is 22.3. The van der Waals surface area contributed by atoms with Crippen LogP contribution < -0.4 is 15.4 Å². The second kappa shape index (κ2) is 10.5. The fourth-order valence-electron chi connectivity index (χ4n) is 2.96. The molecule has 1 aliphatic heterocycles. The number of rotatable bonds is 9. The molecule has 2 N–H and O–H groups in total. The van der Waals surface area contributed by atoms with Gasteiger partial charge in [0.25, 0.3) is 0 Å². The average molecular weight is 453 g/mol. The number of hydrogen-bond donors (Lipinski definition) is 2. The van der Waals surface area contributed by atoms with E-state index in [0.29, 0.717) is 24.3 Å². The van der Waals surface area contributed by atoms with Crippen LogP contribution in [-0.4, -0.2) is 24.7 Å². The van der Waals surface area contributed by atoms with Gasteiger partial charge < -0.3 is 20.1 Å². The summed E-state index contributed by atoms with van der Waals surface area (Å²) in [7, 11) is 0. The van der Waals surface area contributed by atoms with Crippen LogP contribution in [-0.2, 0) is 9.53 Å². The Morgan fingerprint density at radius 1 is 1.25 bits per heavy atom. The molecule has 0 bridgehead atoms. The van der Waals surface area contributed by atoms with Gasteiger partial charge in [-0.15, -0.1) is 0 Å². The van der Waals surface area contributed by atoms with Gasteiger partial charge in [0.05, 0.1) is 28.8 Å². The molecule has 1 aromatic rings. The molecule has 0 saturated carbocycles. The van der Waals surface area contributed by atoms with Gasteiger partial charge >= 0.3 is 12.0 Å². The van der Waals surface area contributed by atoms with E-state index in [-0.39, 0.29) is 12.1 Å². The van der Waals surface area contributed by atoms with Gasteiger partial charge in [-0.3, -0.25) is 0 Å². The lowest BCUT2D eigenvalue weighted by molar-refractivity contribution is -0.143. The topological polar surface area (TPSA) is 76.7 Å². The van der Waals surface area contributed by atoms with E-state index >= 15 is 0 Å². The summed E-state index contributed by atoms with van der Waals surface area (Å²) in [5.41, 5.74) is 1.87. The lowest BCUT2D eigenvalue weighted by Crippen LogP contribution is -2.46. The van der Waals surface area contributed by atoms with Crippen molar-refractivity contribution < 1.29 is 19.1 Å². The number of unbranched alkanes of at least 4 members (excludes halogenated alkanes) is 1. The van der Waals surface area contributed by atoms with Crippen molar-refractivity contribution in [2.24, 2.45) is 0 Å². The summed E-state index contributed by atoms with van der Waals surface area (Å²) in [5.74, 6) is 0.313. The second-order valence-corrected chi connectivity index (χ2v) is 7.87. The summed E-state index contributed by atoms with van der Waals surface area (Å²) < 4.78 is 11.9. The van der Waals surface area contributed by atoms with Crippen LogP contribution in [0.4, 0.5) is 4.79 Å². The highest BCUT2D eigenvalue weighted by molar-refractivity contribution is 9.10. The molecule has 0 fully saturated rings. The Morgan fingerprint density at radius 2 is 2.00 bits per heavy atom. The highest BCUT2D eigenvalue weighted by Crippen LogP contribution is 2.34. The maximum Gasteiger partial charge on any atom is 0.338 e. The molecule has 7 heteroatoms. The first-order chi connectivity index (χ1) is 13.4. The number of hydrogen-bond acceptors (Lipinski definition) is 4. The van der Waals surface area contributed by atoms with Crippen LogP contribution >= 0.6 is 15.9 Å². The first-order valence-electron chi connectivity index (χ1n) is 9.81. The minimum absolute atomic E-state index is 0.248. The van der Waals surface area contributed by atoms with Crippen molar-refractivity contribution in [2.45, 2.75) is 65.5 Å². The van der Waals surface area contributed by atoms with Crippen LogP contribution in [0.1, 0.15) is 65.0 Å². The van der Waals surface area contributed by atoms with E-state index in [0.717, 1.165) is 35.0 Å². The van der Waals surface area contributed by atoms with Gasteiger partial charge in [0.1, 0.15) is 5.75 Å². The summed E-state index contributed by atoms with van der Waals surface area (Å²) in [6.45, 7) is 8.35. The van der Waals surface area contributed by atoms with E-state index in [1.54, 1.807) is 0 Å². The van der Waals surface area contributed by atoms with Crippen molar-refractivity contribution in [3.63, 3.8) is 0 Å². The number of esters is 1. The van der Waals surface area contributed by atoms with Crippen LogP contribution in [0.3, 0.4) is 0 Å². The minimum atomic E-state index is -0.580. The number of urea groups is 1. The van der Waals surface area contributed by atoms with Crippen LogP contribution in [0, 0.1) is 0 Å². The quantitative estimate of drug-likeness (QED) is 0.517. The molecular weight excluding hydrogens is 424 g/mol. The Balaban J connectivity index is 2.44. The minimum Gasteiger partial charge on any atom is -0.492 e. The van der Waals surface area contributed by atoms with Crippen LogP contribution in [0.5, 0.6) is 5.75 Å². The zero-order valence-corrected chi connectivity index (χ0v) is 18.5. The Kier molecular flexibility index (Phi) is 8.35. The molecule has 0 saturated heterocycles. The van der Waals surface area contributed by atoms with Crippen LogP contribution in [0.15, 0.2) is 33.9 Å². The predicted molar refractivity (Wildman–Crippen MR) is 112 cm³/mol. The number of allylic oxidation sites excluding steroid dienone is 1. The lowest BCUT2D eigenvalue weighted by Gasteiger charge is -2.30. The molecule has 0 aromatic heterocycles.